The molecule has 2 aromatic rings. The summed E-state index contributed by atoms with van der Waals surface area (Å²) in [5.41, 5.74) is 4.69. The van der Waals surface area contributed by atoms with Gasteiger partial charge < -0.3 is 10.0 Å². The van der Waals surface area contributed by atoms with Gasteiger partial charge in [0.2, 0.25) is 0 Å². The first kappa shape index (κ1) is 23.3. The Hall–Kier alpha value is -2.39. The standard InChI is InChI=1S/C28H37NO2/c1-21(2)18-22-14-16-26(17-15-22)28(27(30)31,25-12-6-5-7-13-25)19-23-10-8-9-11-24(23)20-29(3)4/h5-7,12-17,21H,8-11,18-20H2,1-4H3,(H,30,31). The average molecular weight is 420 g/mol. The van der Waals surface area contributed by atoms with E-state index in [9.17, 15) is 9.90 Å². The molecular weight excluding hydrogens is 382 g/mol. The number of hydrogen-bond donors (Lipinski definition) is 1. The summed E-state index contributed by atoms with van der Waals surface area (Å²) in [7, 11) is 4.18. The van der Waals surface area contributed by atoms with E-state index in [1.807, 2.05) is 42.5 Å². The van der Waals surface area contributed by atoms with E-state index in [0.29, 0.717) is 12.3 Å². The first-order valence-corrected chi connectivity index (χ1v) is 11.6. The van der Waals surface area contributed by atoms with Crippen LogP contribution in [0.1, 0.15) is 62.6 Å². The second-order valence-corrected chi connectivity index (χ2v) is 9.70. The Morgan fingerprint density at radius 1 is 0.935 bits per heavy atom. The quantitative estimate of drug-likeness (QED) is 0.501. The molecule has 3 rings (SSSR count). The van der Waals surface area contributed by atoms with E-state index in [4.69, 9.17) is 0 Å². The SMILES string of the molecule is CC(C)Cc1ccc(C(CC2=C(CN(C)C)CCCC2)(C(=O)O)c2ccccc2)cc1. The zero-order valence-electron chi connectivity index (χ0n) is 19.5. The molecule has 1 N–H and O–H groups in total. The van der Waals surface area contributed by atoms with Crippen molar-refractivity contribution in [1.29, 1.82) is 0 Å². The molecule has 3 nitrogen and oxygen atoms in total. The molecule has 0 spiro atoms. The van der Waals surface area contributed by atoms with Gasteiger partial charge in [-0.2, -0.15) is 0 Å². The van der Waals surface area contributed by atoms with Crippen molar-refractivity contribution < 1.29 is 9.90 Å². The van der Waals surface area contributed by atoms with E-state index in [1.165, 1.54) is 23.1 Å². The van der Waals surface area contributed by atoms with E-state index >= 15 is 0 Å². The highest BCUT2D eigenvalue weighted by atomic mass is 16.4. The summed E-state index contributed by atoms with van der Waals surface area (Å²) >= 11 is 0. The molecular formula is C28H37NO2. The minimum absolute atomic E-state index is 0.541. The number of carbonyl (C=O) groups is 1. The summed E-state index contributed by atoms with van der Waals surface area (Å²) in [6, 6.07) is 18.2. The first-order chi connectivity index (χ1) is 14.8. The Balaban J connectivity index is 2.12. The van der Waals surface area contributed by atoms with Crippen LogP contribution in [0.2, 0.25) is 0 Å². The van der Waals surface area contributed by atoms with Crippen LogP contribution in [-0.2, 0) is 16.6 Å². The Morgan fingerprint density at radius 2 is 1.52 bits per heavy atom. The van der Waals surface area contributed by atoms with Gasteiger partial charge >= 0.3 is 5.97 Å². The molecule has 166 valence electrons. The molecule has 0 amide bonds. The van der Waals surface area contributed by atoms with E-state index in [1.54, 1.807) is 0 Å². The molecule has 3 heteroatoms. The number of rotatable bonds is 9. The molecule has 0 aliphatic heterocycles. The lowest BCUT2D eigenvalue weighted by atomic mass is 9.68. The van der Waals surface area contributed by atoms with Crippen molar-refractivity contribution in [3.63, 3.8) is 0 Å². The van der Waals surface area contributed by atoms with E-state index < -0.39 is 11.4 Å². The van der Waals surface area contributed by atoms with Crippen molar-refractivity contribution in [3.8, 4) is 0 Å². The van der Waals surface area contributed by atoms with E-state index in [2.05, 4.69) is 45.0 Å². The smallest absolute Gasteiger partial charge is 0.318 e. The average Bonchev–Trinajstić information content (AvgIpc) is 2.73. The van der Waals surface area contributed by atoms with Gasteiger partial charge in [0.1, 0.15) is 5.41 Å². The summed E-state index contributed by atoms with van der Waals surface area (Å²) in [5, 5.41) is 10.7. The number of carboxylic acids is 1. The Bertz CT molecular complexity index is 896. The maximum Gasteiger partial charge on any atom is 0.318 e. The van der Waals surface area contributed by atoms with Crippen LogP contribution < -0.4 is 0 Å². The van der Waals surface area contributed by atoms with Crippen LogP contribution >= 0.6 is 0 Å². The normalized spacial score (nSPS) is 16.6. The van der Waals surface area contributed by atoms with Gasteiger partial charge in [0, 0.05) is 6.54 Å². The number of likely N-dealkylation sites (N-methyl/N-ethyl adjacent to an activating group) is 1. The molecule has 2 aromatic carbocycles. The van der Waals surface area contributed by atoms with Gasteiger partial charge in [-0.15, -0.1) is 0 Å². The Morgan fingerprint density at radius 3 is 2.06 bits per heavy atom. The van der Waals surface area contributed by atoms with Crippen molar-refractivity contribution in [2.45, 2.75) is 57.8 Å². The molecule has 1 aliphatic carbocycles. The molecule has 1 atom stereocenters. The number of hydrogen-bond acceptors (Lipinski definition) is 2. The minimum Gasteiger partial charge on any atom is -0.480 e. The van der Waals surface area contributed by atoms with Gasteiger partial charge in [-0.25, -0.2) is 0 Å². The van der Waals surface area contributed by atoms with Gasteiger partial charge in [0.05, 0.1) is 0 Å². The molecule has 0 saturated carbocycles. The van der Waals surface area contributed by atoms with Crippen molar-refractivity contribution in [2.75, 3.05) is 20.6 Å². The number of nitrogens with zero attached hydrogens (tertiary/aromatic N) is 1. The first-order valence-electron chi connectivity index (χ1n) is 11.6. The van der Waals surface area contributed by atoms with Crippen LogP contribution in [-0.4, -0.2) is 36.6 Å². The summed E-state index contributed by atoms with van der Waals surface area (Å²) < 4.78 is 0. The third kappa shape index (κ3) is 5.46. The fourth-order valence-corrected chi connectivity index (χ4v) is 4.95. The number of benzene rings is 2. The lowest BCUT2D eigenvalue weighted by Gasteiger charge is -2.34. The molecule has 1 aliphatic rings. The maximum absolute atomic E-state index is 13.1. The number of allylic oxidation sites excluding steroid dienone is 1. The molecule has 0 heterocycles. The van der Waals surface area contributed by atoms with Crippen LogP contribution in [0.25, 0.3) is 0 Å². The van der Waals surface area contributed by atoms with Gasteiger partial charge in [0.25, 0.3) is 0 Å². The summed E-state index contributed by atoms with van der Waals surface area (Å²) in [6.07, 6.45) is 5.96. The highest BCUT2D eigenvalue weighted by Crippen LogP contribution is 2.42. The van der Waals surface area contributed by atoms with Crippen LogP contribution in [0.15, 0.2) is 65.7 Å². The Labute approximate surface area is 187 Å². The van der Waals surface area contributed by atoms with Gasteiger partial charge in [-0.3, -0.25) is 4.79 Å². The molecule has 0 aromatic heterocycles. The third-order valence-electron chi connectivity index (χ3n) is 6.42. The molecule has 31 heavy (non-hydrogen) atoms. The van der Waals surface area contributed by atoms with Crippen LogP contribution in [0, 0.1) is 5.92 Å². The van der Waals surface area contributed by atoms with Gasteiger partial charge in [-0.05, 0) is 75.2 Å². The summed E-state index contributed by atoms with van der Waals surface area (Å²) in [4.78, 5) is 15.3. The maximum atomic E-state index is 13.1. The molecule has 0 bridgehead atoms. The summed E-state index contributed by atoms with van der Waals surface area (Å²) in [5.74, 6) is -0.192. The second kappa shape index (κ2) is 10.3. The van der Waals surface area contributed by atoms with Crippen molar-refractivity contribution in [1.82, 2.24) is 4.90 Å². The van der Waals surface area contributed by atoms with Gasteiger partial charge in [-0.1, -0.05) is 79.6 Å². The fraction of sp³-hybridized carbons (Fsp3) is 0.464. The molecule has 0 saturated heterocycles. The molecule has 1 unspecified atom stereocenters. The largest absolute Gasteiger partial charge is 0.480 e. The van der Waals surface area contributed by atoms with Crippen LogP contribution in [0.4, 0.5) is 0 Å². The fourth-order valence-electron chi connectivity index (χ4n) is 4.95. The van der Waals surface area contributed by atoms with Gasteiger partial charge in [0.15, 0.2) is 0 Å². The van der Waals surface area contributed by atoms with E-state index in [0.717, 1.165) is 43.4 Å². The topological polar surface area (TPSA) is 40.5 Å². The predicted octanol–water partition coefficient (Wildman–Crippen LogP) is 6.08. The highest BCUT2D eigenvalue weighted by molar-refractivity contribution is 5.86. The van der Waals surface area contributed by atoms with Crippen molar-refractivity contribution in [3.05, 3.63) is 82.4 Å². The van der Waals surface area contributed by atoms with Crippen molar-refractivity contribution >= 4 is 5.97 Å². The monoisotopic (exact) mass is 419 g/mol. The lowest BCUT2D eigenvalue weighted by molar-refractivity contribution is -0.142. The Kier molecular flexibility index (Phi) is 7.72. The molecule has 0 fully saturated rings. The zero-order chi connectivity index (χ0) is 22.4. The predicted molar refractivity (Wildman–Crippen MR) is 129 cm³/mol. The van der Waals surface area contributed by atoms with Crippen LogP contribution in [0.5, 0.6) is 0 Å². The van der Waals surface area contributed by atoms with Crippen molar-refractivity contribution in [2.24, 2.45) is 5.92 Å². The zero-order valence-corrected chi connectivity index (χ0v) is 19.5. The van der Waals surface area contributed by atoms with Crippen LogP contribution in [0.3, 0.4) is 0 Å². The molecule has 0 radical (unpaired) electrons. The lowest BCUT2D eigenvalue weighted by Crippen LogP contribution is -2.38. The summed E-state index contributed by atoms with van der Waals surface area (Å²) in [6.45, 7) is 5.33. The highest BCUT2D eigenvalue weighted by Gasteiger charge is 2.43. The van der Waals surface area contributed by atoms with E-state index in [-0.39, 0.29) is 0 Å². The number of carboxylic acid groups (broad SMARTS) is 1. The third-order valence-corrected chi connectivity index (χ3v) is 6.42. The number of aliphatic carboxylic acids is 1. The second-order valence-electron chi connectivity index (χ2n) is 9.70. The minimum atomic E-state index is -1.07.